The van der Waals surface area contributed by atoms with Crippen molar-refractivity contribution in [3.05, 3.63) is 29.6 Å². The molecule has 0 radical (unpaired) electrons. The predicted molar refractivity (Wildman–Crippen MR) is 56.2 cm³/mol. The maximum absolute atomic E-state index is 12.8. The summed E-state index contributed by atoms with van der Waals surface area (Å²) in [5, 5.41) is 10.4. The number of nitrogen functional groups attached to an aromatic ring is 1. The van der Waals surface area contributed by atoms with E-state index < -0.39 is 0 Å². The third-order valence-electron chi connectivity index (χ3n) is 1.84. The maximum atomic E-state index is 12.8. The second kappa shape index (κ2) is 4.60. The predicted octanol–water partition coefficient (Wildman–Crippen LogP) is 1.93. The quantitative estimate of drug-likeness (QED) is 0.507. The summed E-state index contributed by atoms with van der Waals surface area (Å²) in [6.07, 6.45) is 0.967. The van der Waals surface area contributed by atoms with Crippen LogP contribution in [0.25, 0.3) is 0 Å². The van der Waals surface area contributed by atoms with E-state index in [2.05, 4.69) is 5.32 Å². The van der Waals surface area contributed by atoms with Gasteiger partial charge in [0.15, 0.2) is 0 Å². The minimum atomic E-state index is -0.378. The van der Waals surface area contributed by atoms with Crippen LogP contribution in [0.2, 0.25) is 0 Å². The van der Waals surface area contributed by atoms with E-state index in [-0.39, 0.29) is 11.7 Å². The Morgan fingerprint density at radius 2 is 2.29 bits per heavy atom. The van der Waals surface area contributed by atoms with Crippen LogP contribution in [-0.4, -0.2) is 12.4 Å². The van der Waals surface area contributed by atoms with Crippen LogP contribution in [0.15, 0.2) is 18.2 Å². The normalized spacial score (nSPS) is 9.86. The van der Waals surface area contributed by atoms with Crippen LogP contribution >= 0.6 is 0 Å². The molecule has 0 fully saturated rings. The molecule has 14 heavy (non-hydrogen) atoms. The van der Waals surface area contributed by atoms with Crippen molar-refractivity contribution in [3.8, 4) is 0 Å². The van der Waals surface area contributed by atoms with Gasteiger partial charge in [-0.15, -0.1) is 0 Å². The SMILES string of the molecule is CCCNc1ccc(F)cc1C(=N)N. The number of nitrogens with one attached hydrogen (secondary N) is 2. The molecule has 76 valence electrons. The highest BCUT2D eigenvalue weighted by Crippen LogP contribution is 2.16. The van der Waals surface area contributed by atoms with Gasteiger partial charge >= 0.3 is 0 Å². The van der Waals surface area contributed by atoms with Crippen molar-refractivity contribution >= 4 is 11.5 Å². The van der Waals surface area contributed by atoms with E-state index in [1.54, 1.807) is 6.07 Å². The lowest BCUT2D eigenvalue weighted by Gasteiger charge is -2.09. The first-order chi connectivity index (χ1) is 6.65. The summed E-state index contributed by atoms with van der Waals surface area (Å²) in [5.74, 6) is -0.500. The molecule has 0 heterocycles. The zero-order valence-electron chi connectivity index (χ0n) is 8.10. The first kappa shape index (κ1) is 10.5. The monoisotopic (exact) mass is 195 g/mol. The number of hydrogen-bond donors (Lipinski definition) is 3. The third kappa shape index (κ3) is 2.45. The van der Waals surface area contributed by atoms with E-state index in [0.717, 1.165) is 13.0 Å². The molecule has 4 N–H and O–H groups in total. The molecule has 3 nitrogen and oxygen atoms in total. The zero-order valence-corrected chi connectivity index (χ0v) is 8.10. The molecule has 0 aromatic heterocycles. The van der Waals surface area contributed by atoms with Gasteiger partial charge in [0.1, 0.15) is 11.7 Å². The van der Waals surface area contributed by atoms with Crippen molar-refractivity contribution in [1.82, 2.24) is 0 Å². The van der Waals surface area contributed by atoms with Crippen molar-refractivity contribution in [2.24, 2.45) is 5.73 Å². The van der Waals surface area contributed by atoms with Gasteiger partial charge in [0.05, 0.1) is 0 Å². The lowest BCUT2D eigenvalue weighted by molar-refractivity contribution is 0.627. The molecule has 0 aliphatic rings. The van der Waals surface area contributed by atoms with E-state index in [0.29, 0.717) is 11.3 Å². The lowest BCUT2D eigenvalue weighted by Crippen LogP contribution is -2.15. The molecular formula is C10H14FN3. The Balaban J connectivity index is 2.96. The highest BCUT2D eigenvalue weighted by Gasteiger charge is 2.05. The lowest BCUT2D eigenvalue weighted by atomic mass is 10.1. The first-order valence-corrected chi connectivity index (χ1v) is 4.53. The van der Waals surface area contributed by atoms with Gasteiger partial charge in [0, 0.05) is 17.8 Å². The maximum Gasteiger partial charge on any atom is 0.124 e. The van der Waals surface area contributed by atoms with Crippen molar-refractivity contribution in [3.63, 3.8) is 0 Å². The smallest absolute Gasteiger partial charge is 0.124 e. The number of hydrogen-bond acceptors (Lipinski definition) is 2. The summed E-state index contributed by atoms with van der Waals surface area (Å²) < 4.78 is 12.8. The van der Waals surface area contributed by atoms with Gasteiger partial charge in [-0.1, -0.05) is 6.92 Å². The molecule has 4 heteroatoms. The van der Waals surface area contributed by atoms with Crippen molar-refractivity contribution in [2.45, 2.75) is 13.3 Å². The van der Waals surface area contributed by atoms with E-state index in [9.17, 15) is 4.39 Å². The summed E-state index contributed by atoms with van der Waals surface area (Å²) in [6.45, 7) is 2.82. The number of halogens is 1. The van der Waals surface area contributed by atoms with E-state index in [1.807, 2.05) is 6.92 Å². The molecule has 0 saturated carbocycles. The number of nitrogens with two attached hydrogens (primary N) is 1. The molecular weight excluding hydrogens is 181 g/mol. The van der Waals surface area contributed by atoms with Gasteiger partial charge in [0.2, 0.25) is 0 Å². The molecule has 0 unspecified atom stereocenters. The molecule has 1 aromatic carbocycles. The second-order valence-electron chi connectivity index (χ2n) is 3.03. The zero-order chi connectivity index (χ0) is 10.6. The second-order valence-corrected chi connectivity index (χ2v) is 3.03. The summed E-state index contributed by atoms with van der Waals surface area (Å²) in [4.78, 5) is 0. The van der Waals surface area contributed by atoms with Gasteiger partial charge in [-0.3, -0.25) is 5.41 Å². The van der Waals surface area contributed by atoms with Crippen LogP contribution < -0.4 is 11.1 Å². The van der Waals surface area contributed by atoms with Gasteiger partial charge < -0.3 is 11.1 Å². The largest absolute Gasteiger partial charge is 0.384 e. The van der Waals surface area contributed by atoms with E-state index >= 15 is 0 Å². The molecule has 0 saturated heterocycles. The molecule has 1 rings (SSSR count). The summed E-state index contributed by atoms with van der Waals surface area (Å²) in [5.41, 5.74) is 6.46. The molecule has 0 aliphatic heterocycles. The topological polar surface area (TPSA) is 61.9 Å². The van der Waals surface area contributed by atoms with Gasteiger partial charge in [-0.25, -0.2) is 4.39 Å². The Bertz CT molecular complexity index is 336. The molecule has 0 amide bonds. The molecule has 1 aromatic rings. The Labute approximate surface area is 82.6 Å². The Kier molecular flexibility index (Phi) is 3.45. The van der Waals surface area contributed by atoms with Gasteiger partial charge in [0.25, 0.3) is 0 Å². The Morgan fingerprint density at radius 1 is 1.57 bits per heavy atom. The van der Waals surface area contributed by atoms with Crippen LogP contribution in [0.4, 0.5) is 10.1 Å². The van der Waals surface area contributed by atoms with E-state index in [4.69, 9.17) is 11.1 Å². The fraction of sp³-hybridized carbons (Fsp3) is 0.300. The average Bonchev–Trinajstić information content (AvgIpc) is 2.15. The van der Waals surface area contributed by atoms with Gasteiger partial charge in [-0.2, -0.15) is 0 Å². The summed E-state index contributed by atoms with van der Waals surface area (Å²) in [6, 6.07) is 4.21. The van der Waals surface area contributed by atoms with Gasteiger partial charge in [-0.05, 0) is 24.6 Å². The Hall–Kier alpha value is -1.58. The van der Waals surface area contributed by atoms with Crippen molar-refractivity contribution in [2.75, 3.05) is 11.9 Å². The minimum absolute atomic E-state index is 0.122. The van der Waals surface area contributed by atoms with Crippen molar-refractivity contribution < 1.29 is 4.39 Å². The summed E-state index contributed by atoms with van der Waals surface area (Å²) in [7, 11) is 0. The van der Waals surface area contributed by atoms with E-state index in [1.165, 1.54) is 12.1 Å². The fourth-order valence-electron chi connectivity index (χ4n) is 1.15. The number of benzene rings is 1. The van der Waals surface area contributed by atoms with Crippen LogP contribution in [0.1, 0.15) is 18.9 Å². The molecule has 0 aliphatic carbocycles. The summed E-state index contributed by atoms with van der Waals surface area (Å²) >= 11 is 0. The first-order valence-electron chi connectivity index (χ1n) is 4.53. The third-order valence-corrected chi connectivity index (χ3v) is 1.84. The number of amidine groups is 1. The van der Waals surface area contributed by atoms with Crippen LogP contribution in [-0.2, 0) is 0 Å². The number of rotatable bonds is 4. The highest BCUT2D eigenvalue weighted by molar-refractivity contribution is 6.00. The molecule has 0 spiro atoms. The minimum Gasteiger partial charge on any atom is -0.384 e. The van der Waals surface area contributed by atoms with Crippen LogP contribution in [0, 0.1) is 11.2 Å². The highest BCUT2D eigenvalue weighted by atomic mass is 19.1. The standard InChI is InChI=1S/C10H14FN3/c1-2-5-14-9-4-3-7(11)6-8(9)10(12)13/h3-4,6,14H,2,5H2,1H3,(H3,12,13). The fourth-order valence-corrected chi connectivity index (χ4v) is 1.15. The average molecular weight is 195 g/mol. The molecule has 0 atom stereocenters. The Morgan fingerprint density at radius 3 is 2.86 bits per heavy atom. The van der Waals surface area contributed by atoms with Crippen molar-refractivity contribution in [1.29, 1.82) is 5.41 Å². The van der Waals surface area contributed by atoms with Crippen LogP contribution in [0.5, 0.6) is 0 Å². The van der Waals surface area contributed by atoms with Crippen LogP contribution in [0.3, 0.4) is 0 Å². The molecule has 0 bridgehead atoms. The number of anilines is 1.